The molecule has 4 heterocycles. The average molecular weight is 292 g/mol. The maximum absolute atomic E-state index is 12.3. The summed E-state index contributed by atoms with van der Waals surface area (Å²) in [4.78, 5) is 22.7. The van der Waals surface area contributed by atoms with Crippen molar-refractivity contribution in [2.45, 2.75) is 44.9 Å². The van der Waals surface area contributed by atoms with Crippen LogP contribution in [0.25, 0.3) is 0 Å². The van der Waals surface area contributed by atoms with E-state index in [1.807, 2.05) is 13.8 Å². The predicted molar refractivity (Wildman–Crippen MR) is 70.3 cm³/mol. The minimum Gasteiger partial charge on any atom is -0.390 e. The van der Waals surface area contributed by atoms with Gasteiger partial charge in [-0.25, -0.2) is 14.8 Å². The van der Waals surface area contributed by atoms with E-state index < -0.39 is 24.7 Å². The molecule has 2 N–H and O–H groups in total. The van der Waals surface area contributed by atoms with Crippen molar-refractivity contribution >= 4 is 11.8 Å². The third-order valence-electron chi connectivity index (χ3n) is 4.21. The van der Waals surface area contributed by atoms with Crippen LogP contribution in [0.4, 0.5) is 10.6 Å². The zero-order valence-corrected chi connectivity index (χ0v) is 11.7. The lowest BCUT2D eigenvalue weighted by molar-refractivity contribution is -0.0705. The van der Waals surface area contributed by atoms with Gasteiger partial charge in [0.05, 0.1) is 24.1 Å². The second kappa shape index (κ2) is 4.36. The Morgan fingerprint density at radius 2 is 2.10 bits per heavy atom. The summed E-state index contributed by atoms with van der Waals surface area (Å²) in [5, 5.41) is 12.6. The zero-order valence-electron chi connectivity index (χ0n) is 11.7. The third-order valence-corrected chi connectivity index (χ3v) is 4.21. The van der Waals surface area contributed by atoms with Crippen LogP contribution in [0.2, 0.25) is 0 Å². The van der Waals surface area contributed by atoms with Crippen LogP contribution in [0, 0.1) is 13.8 Å². The van der Waals surface area contributed by atoms with Gasteiger partial charge in [0.2, 0.25) is 0 Å². The number of hydrogen-bond donors (Lipinski definition) is 2. The number of aryl methyl sites for hydroxylation is 2. The molecule has 2 saturated heterocycles. The monoisotopic (exact) mass is 292 g/mol. The van der Waals surface area contributed by atoms with Crippen molar-refractivity contribution in [3.63, 3.8) is 0 Å². The first-order valence-corrected chi connectivity index (χ1v) is 6.94. The number of hydrogen-bond acceptors (Lipinski definition) is 6. The number of urea groups is 1. The Morgan fingerprint density at radius 3 is 2.90 bits per heavy atom. The zero-order chi connectivity index (χ0) is 14.7. The number of amides is 2. The van der Waals surface area contributed by atoms with E-state index in [0.29, 0.717) is 17.9 Å². The second-order valence-electron chi connectivity index (χ2n) is 5.58. The Balaban J connectivity index is 1.79. The molecule has 4 atom stereocenters. The largest absolute Gasteiger partial charge is 0.390 e. The van der Waals surface area contributed by atoms with Crippen molar-refractivity contribution in [2.75, 3.05) is 11.9 Å². The van der Waals surface area contributed by atoms with E-state index in [9.17, 15) is 9.90 Å². The Hall–Kier alpha value is -1.77. The van der Waals surface area contributed by atoms with Crippen molar-refractivity contribution in [3.8, 4) is 0 Å². The summed E-state index contributed by atoms with van der Waals surface area (Å²) in [5.74, 6) is 0.433. The van der Waals surface area contributed by atoms with E-state index in [-0.39, 0.29) is 12.6 Å². The van der Waals surface area contributed by atoms with Crippen LogP contribution in [0.1, 0.15) is 29.7 Å². The highest BCUT2D eigenvalue weighted by Gasteiger charge is 2.49. The van der Waals surface area contributed by atoms with Crippen LogP contribution in [0.5, 0.6) is 0 Å². The lowest BCUT2D eigenvalue weighted by atomic mass is 10.1. The number of nitrogens with zero attached hydrogens (tertiary/aromatic N) is 3. The maximum Gasteiger partial charge on any atom is 0.327 e. The smallest absolute Gasteiger partial charge is 0.327 e. The molecule has 4 rings (SSSR count). The summed E-state index contributed by atoms with van der Waals surface area (Å²) in [7, 11) is 0. The lowest BCUT2D eigenvalue weighted by Crippen LogP contribution is -2.49. The van der Waals surface area contributed by atoms with Gasteiger partial charge < -0.3 is 14.6 Å². The highest BCUT2D eigenvalue weighted by molar-refractivity contribution is 5.91. The number of ether oxygens (including phenoxy) is 2. The summed E-state index contributed by atoms with van der Waals surface area (Å²) < 4.78 is 11.5. The molecule has 0 radical (unpaired) electrons. The van der Waals surface area contributed by atoms with Gasteiger partial charge in [-0.15, -0.1) is 0 Å². The standard InChI is InChI=1S/C13H16N4O4/c1-5-6(2)15-11-10(14-5)12-17(13(19)16-11)9-3-7(18)8(21-9)4-20-12/h7-9,12,18H,3-4H2,1-2H3,(H,15,16,19)/t7-,8+,9+,12-/m0/s1. The number of aromatic nitrogens is 2. The van der Waals surface area contributed by atoms with E-state index in [1.54, 1.807) is 0 Å². The van der Waals surface area contributed by atoms with Crippen molar-refractivity contribution in [2.24, 2.45) is 0 Å². The van der Waals surface area contributed by atoms with E-state index >= 15 is 0 Å². The van der Waals surface area contributed by atoms with Crippen molar-refractivity contribution in [1.82, 2.24) is 14.9 Å². The number of nitrogens with one attached hydrogen (secondary N) is 1. The van der Waals surface area contributed by atoms with Crippen LogP contribution >= 0.6 is 0 Å². The van der Waals surface area contributed by atoms with Crippen molar-refractivity contribution < 1.29 is 19.4 Å². The van der Waals surface area contributed by atoms with Gasteiger partial charge in [-0.2, -0.15) is 0 Å². The fraction of sp³-hybridized carbons (Fsp3) is 0.615. The summed E-state index contributed by atoms with van der Waals surface area (Å²) in [6, 6.07) is -0.343. The summed E-state index contributed by atoms with van der Waals surface area (Å²) >= 11 is 0. The fourth-order valence-electron chi connectivity index (χ4n) is 2.95. The molecular formula is C13H16N4O4. The molecular weight excluding hydrogens is 276 g/mol. The molecule has 0 saturated carbocycles. The SMILES string of the molecule is Cc1nc2c(nc1C)[C@@H]1OC[C@H]3O[C@H](C[C@@H]3O)N1C(=O)N2. The average Bonchev–Trinajstić information content (AvgIpc) is 2.67. The number of anilines is 1. The van der Waals surface area contributed by atoms with Crippen molar-refractivity contribution in [1.29, 1.82) is 0 Å². The Bertz CT molecular complexity index is 622. The molecule has 2 amide bonds. The molecule has 8 heteroatoms. The molecule has 0 spiro atoms. The van der Waals surface area contributed by atoms with E-state index in [4.69, 9.17) is 9.47 Å². The molecule has 3 aliphatic rings. The summed E-state index contributed by atoms with van der Waals surface area (Å²) in [6.07, 6.45) is -1.77. The molecule has 0 aliphatic carbocycles. The molecule has 1 aromatic heterocycles. The highest BCUT2D eigenvalue weighted by Crippen LogP contribution is 2.39. The Kier molecular flexibility index (Phi) is 2.69. The molecule has 1 aromatic rings. The fourth-order valence-corrected chi connectivity index (χ4v) is 2.95. The van der Waals surface area contributed by atoms with Crippen LogP contribution in [0.15, 0.2) is 0 Å². The predicted octanol–water partition coefficient (Wildman–Crippen LogP) is 0.446. The maximum atomic E-state index is 12.3. The van der Waals surface area contributed by atoms with Gasteiger partial charge in [-0.05, 0) is 13.8 Å². The molecule has 0 aromatic carbocycles. The number of rotatable bonds is 0. The van der Waals surface area contributed by atoms with Gasteiger partial charge in [0.25, 0.3) is 0 Å². The van der Waals surface area contributed by atoms with Crippen LogP contribution in [-0.4, -0.2) is 51.0 Å². The Morgan fingerprint density at radius 1 is 1.33 bits per heavy atom. The van der Waals surface area contributed by atoms with Gasteiger partial charge in [0, 0.05) is 6.42 Å². The van der Waals surface area contributed by atoms with Crippen molar-refractivity contribution in [3.05, 3.63) is 17.1 Å². The van der Waals surface area contributed by atoms with Crippen LogP contribution in [-0.2, 0) is 9.47 Å². The molecule has 0 unspecified atom stereocenters. The normalized spacial score (nSPS) is 34.0. The molecule has 112 valence electrons. The third kappa shape index (κ3) is 1.83. The van der Waals surface area contributed by atoms with Crippen LogP contribution in [0.3, 0.4) is 0 Å². The quantitative estimate of drug-likeness (QED) is 0.720. The van der Waals surface area contributed by atoms with E-state index in [2.05, 4.69) is 15.3 Å². The molecule has 3 aliphatic heterocycles. The number of aliphatic hydroxyl groups excluding tert-OH is 1. The number of aliphatic hydroxyl groups is 1. The van der Waals surface area contributed by atoms with Gasteiger partial charge in [0.1, 0.15) is 18.0 Å². The summed E-state index contributed by atoms with van der Waals surface area (Å²) in [5.41, 5.74) is 2.15. The number of fused-ring (bicyclic) bond motifs is 6. The Labute approximate surface area is 121 Å². The molecule has 21 heavy (non-hydrogen) atoms. The first kappa shape index (κ1) is 12.9. The number of carbonyl (C=O) groups is 1. The van der Waals surface area contributed by atoms with E-state index in [1.165, 1.54) is 4.90 Å². The molecule has 8 nitrogen and oxygen atoms in total. The minimum atomic E-state index is -0.622. The highest BCUT2D eigenvalue weighted by atomic mass is 16.6. The minimum absolute atomic E-state index is 0.222. The summed E-state index contributed by atoms with van der Waals surface area (Å²) in [6.45, 7) is 3.93. The molecule has 2 fully saturated rings. The first-order chi connectivity index (χ1) is 10.0. The lowest BCUT2D eigenvalue weighted by Gasteiger charge is -2.37. The van der Waals surface area contributed by atoms with Gasteiger partial charge in [-0.3, -0.25) is 10.2 Å². The second-order valence-corrected chi connectivity index (χ2v) is 5.58. The van der Waals surface area contributed by atoms with Gasteiger partial charge in [0.15, 0.2) is 12.0 Å². The topological polar surface area (TPSA) is 96.8 Å². The van der Waals surface area contributed by atoms with Crippen LogP contribution < -0.4 is 5.32 Å². The van der Waals surface area contributed by atoms with E-state index in [0.717, 1.165) is 11.4 Å². The van der Waals surface area contributed by atoms with Gasteiger partial charge in [-0.1, -0.05) is 0 Å². The van der Waals surface area contributed by atoms with Gasteiger partial charge >= 0.3 is 6.03 Å². The first-order valence-electron chi connectivity index (χ1n) is 6.94. The molecule has 2 bridgehead atoms. The number of carbonyl (C=O) groups excluding carboxylic acids is 1.